The van der Waals surface area contributed by atoms with E-state index < -0.39 is 0 Å². The summed E-state index contributed by atoms with van der Waals surface area (Å²) in [6, 6.07) is 0. The van der Waals surface area contributed by atoms with Crippen molar-refractivity contribution in [3.63, 3.8) is 0 Å². The maximum atomic E-state index is 11.5. The topological polar surface area (TPSA) is 17.1 Å². The number of carbonyl (C=O) groups is 1. The molecule has 2 aliphatic rings. The third-order valence-corrected chi connectivity index (χ3v) is 3.69. The van der Waals surface area contributed by atoms with Crippen LogP contribution in [-0.2, 0) is 4.79 Å². The second kappa shape index (κ2) is 12.5. The molecule has 136 valence electrons. The Labute approximate surface area is 167 Å². The summed E-state index contributed by atoms with van der Waals surface area (Å²) in [7, 11) is 0. The van der Waals surface area contributed by atoms with Crippen LogP contribution in [0.1, 0.15) is 12.8 Å². The third-order valence-electron chi connectivity index (χ3n) is 3.69. The molecule has 0 spiro atoms. The van der Waals surface area contributed by atoms with Crippen molar-refractivity contribution >= 4 is 5.78 Å². The molecule has 0 fully saturated rings. The van der Waals surface area contributed by atoms with E-state index in [-0.39, 0.29) is 5.78 Å². The van der Waals surface area contributed by atoms with Crippen molar-refractivity contribution in [2.75, 3.05) is 0 Å². The van der Waals surface area contributed by atoms with Crippen LogP contribution in [0, 0.1) is 23.7 Å². The van der Waals surface area contributed by atoms with E-state index in [0.29, 0.717) is 0 Å². The van der Waals surface area contributed by atoms with Crippen LogP contribution in [0.4, 0.5) is 0 Å². The van der Waals surface area contributed by atoms with Crippen LogP contribution in [0.15, 0.2) is 121 Å². The van der Waals surface area contributed by atoms with Crippen LogP contribution in [0.3, 0.4) is 0 Å². The van der Waals surface area contributed by atoms with Gasteiger partial charge in [0.1, 0.15) is 0 Å². The molecule has 0 saturated carbocycles. The van der Waals surface area contributed by atoms with E-state index in [1.807, 2.05) is 60.8 Å². The lowest BCUT2D eigenvalue weighted by atomic mass is 10.1. The molecule has 0 amide bonds. The van der Waals surface area contributed by atoms with E-state index in [1.165, 1.54) is 12.2 Å². The molecule has 0 bridgehead atoms. The predicted molar refractivity (Wildman–Crippen MR) is 119 cm³/mol. The summed E-state index contributed by atoms with van der Waals surface area (Å²) < 4.78 is 0. The SMILES string of the molecule is C=C/C=C/C(=O)/C=C/C=C\C1=CC=CC=C(C#CC#CC2=CC=CC=CC2)C1. The number of carbonyl (C=O) groups excluding carboxylic acids is 1. The molecule has 2 rings (SSSR count). The van der Waals surface area contributed by atoms with Gasteiger partial charge in [0.15, 0.2) is 5.78 Å². The smallest absolute Gasteiger partial charge is 0.178 e. The molecule has 0 atom stereocenters. The first kappa shape index (κ1) is 20.5. The van der Waals surface area contributed by atoms with Crippen molar-refractivity contribution in [2.24, 2.45) is 0 Å². The van der Waals surface area contributed by atoms with E-state index in [9.17, 15) is 4.79 Å². The lowest BCUT2D eigenvalue weighted by Gasteiger charge is -1.98. The summed E-state index contributed by atoms with van der Waals surface area (Å²) in [6.07, 6.45) is 31.4. The minimum Gasteiger partial charge on any atom is -0.290 e. The maximum absolute atomic E-state index is 11.5. The molecule has 0 aromatic heterocycles. The van der Waals surface area contributed by atoms with E-state index in [4.69, 9.17) is 0 Å². The lowest BCUT2D eigenvalue weighted by Crippen LogP contribution is -1.84. The minimum absolute atomic E-state index is 0.0703. The number of ketones is 1. The normalized spacial score (nSPS) is 15.8. The highest BCUT2D eigenvalue weighted by Gasteiger charge is 1.98. The van der Waals surface area contributed by atoms with Crippen molar-refractivity contribution in [1.82, 2.24) is 0 Å². The van der Waals surface area contributed by atoms with Gasteiger partial charge in [-0.1, -0.05) is 103 Å². The fraction of sp³-hybridized carbons (Fsp3) is 0.0741. The molecule has 0 saturated heterocycles. The molecule has 0 unspecified atom stereocenters. The minimum atomic E-state index is -0.0703. The third kappa shape index (κ3) is 8.52. The van der Waals surface area contributed by atoms with Gasteiger partial charge in [-0.05, 0) is 36.0 Å². The van der Waals surface area contributed by atoms with E-state index in [1.54, 1.807) is 18.2 Å². The van der Waals surface area contributed by atoms with Crippen LogP contribution in [0.25, 0.3) is 0 Å². The number of hydrogen-bond acceptors (Lipinski definition) is 1. The van der Waals surface area contributed by atoms with E-state index in [2.05, 4.69) is 36.3 Å². The molecule has 2 aliphatic carbocycles. The van der Waals surface area contributed by atoms with Crippen LogP contribution in [0.2, 0.25) is 0 Å². The Balaban J connectivity index is 1.94. The van der Waals surface area contributed by atoms with Gasteiger partial charge in [0.2, 0.25) is 0 Å². The Morgan fingerprint density at radius 1 is 0.857 bits per heavy atom. The summed E-state index contributed by atoms with van der Waals surface area (Å²) in [5.41, 5.74) is 3.17. The molecule has 0 radical (unpaired) electrons. The van der Waals surface area contributed by atoms with Gasteiger partial charge >= 0.3 is 0 Å². The average Bonchev–Trinajstić information content (AvgIpc) is 3.10. The summed E-state index contributed by atoms with van der Waals surface area (Å²) in [6.45, 7) is 3.54. The quantitative estimate of drug-likeness (QED) is 0.350. The maximum Gasteiger partial charge on any atom is 0.178 e. The van der Waals surface area contributed by atoms with Crippen LogP contribution in [-0.4, -0.2) is 5.78 Å². The second-order valence-electron chi connectivity index (χ2n) is 5.92. The molecule has 28 heavy (non-hydrogen) atoms. The van der Waals surface area contributed by atoms with Crippen molar-refractivity contribution in [3.05, 3.63) is 121 Å². The lowest BCUT2D eigenvalue weighted by molar-refractivity contribution is -0.110. The first-order chi connectivity index (χ1) is 13.8. The predicted octanol–water partition coefficient (Wildman–Crippen LogP) is 5.67. The monoisotopic (exact) mass is 362 g/mol. The van der Waals surface area contributed by atoms with Gasteiger partial charge in [-0.3, -0.25) is 4.79 Å². The first-order valence-electron chi connectivity index (χ1n) is 9.06. The van der Waals surface area contributed by atoms with E-state index in [0.717, 1.165) is 29.6 Å². The molecular formula is C27H22O. The Bertz CT molecular complexity index is 988. The molecule has 0 aliphatic heterocycles. The molecule has 1 nitrogen and oxygen atoms in total. The zero-order valence-electron chi connectivity index (χ0n) is 15.8. The van der Waals surface area contributed by atoms with Gasteiger partial charge in [-0.25, -0.2) is 0 Å². The first-order valence-corrected chi connectivity index (χ1v) is 9.06. The Morgan fingerprint density at radius 3 is 2.43 bits per heavy atom. The highest BCUT2D eigenvalue weighted by Crippen LogP contribution is 2.15. The Kier molecular flexibility index (Phi) is 9.17. The Hall–Kier alpha value is -3.81. The molecule has 0 N–H and O–H groups in total. The van der Waals surface area contributed by atoms with Crippen LogP contribution >= 0.6 is 0 Å². The second-order valence-corrected chi connectivity index (χ2v) is 5.92. The van der Waals surface area contributed by atoms with Gasteiger partial charge in [-0.15, -0.1) is 0 Å². The summed E-state index contributed by atoms with van der Waals surface area (Å²) in [5, 5.41) is 0. The van der Waals surface area contributed by atoms with Gasteiger partial charge in [0.05, 0.1) is 0 Å². The van der Waals surface area contributed by atoms with Crippen molar-refractivity contribution in [3.8, 4) is 23.7 Å². The number of rotatable bonds is 5. The summed E-state index contributed by atoms with van der Waals surface area (Å²) in [5.74, 6) is 12.0. The van der Waals surface area contributed by atoms with Crippen LogP contribution in [0.5, 0.6) is 0 Å². The number of allylic oxidation sites excluding steroid dienone is 19. The molecule has 0 aromatic rings. The number of hydrogen-bond donors (Lipinski definition) is 0. The molecular weight excluding hydrogens is 340 g/mol. The highest BCUT2D eigenvalue weighted by atomic mass is 16.1. The fourth-order valence-corrected chi connectivity index (χ4v) is 2.33. The largest absolute Gasteiger partial charge is 0.290 e. The van der Waals surface area contributed by atoms with Gasteiger partial charge in [0.25, 0.3) is 0 Å². The summed E-state index contributed by atoms with van der Waals surface area (Å²) in [4.78, 5) is 11.5. The van der Waals surface area contributed by atoms with Gasteiger partial charge < -0.3 is 0 Å². The summed E-state index contributed by atoms with van der Waals surface area (Å²) >= 11 is 0. The molecule has 0 heterocycles. The zero-order valence-corrected chi connectivity index (χ0v) is 15.8. The molecule has 1 heteroatoms. The Morgan fingerprint density at radius 2 is 1.57 bits per heavy atom. The van der Waals surface area contributed by atoms with E-state index >= 15 is 0 Å². The highest BCUT2D eigenvalue weighted by molar-refractivity contribution is 5.99. The molecule has 0 aromatic carbocycles. The van der Waals surface area contributed by atoms with Crippen molar-refractivity contribution in [2.45, 2.75) is 12.8 Å². The van der Waals surface area contributed by atoms with Gasteiger partial charge in [0, 0.05) is 17.6 Å². The average molecular weight is 362 g/mol. The van der Waals surface area contributed by atoms with Crippen molar-refractivity contribution in [1.29, 1.82) is 0 Å². The fourth-order valence-electron chi connectivity index (χ4n) is 2.33. The van der Waals surface area contributed by atoms with Crippen molar-refractivity contribution < 1.29 is 4.79 Å². The van der Waals surface area contributed by atoms with Gasteiger partial charge in [-0.2, -0.15) is 0 Å². The van der Waals surface area contributed by atoms with Crippen LogP contribution < -0.4 is 0 Å². The zero-order chi connectivity index (χ0) is 19.9. The standard InChI is InChI=1S/C27H22O/c1-2-3-21-27(28)22-13-12-20-26-19-11-10-18-25(23-26)17-9-8-16-24-14-6-4-5-7-15-24/h2-7,10-14,18-22H,1,15,23H2/b20-12-,21-3+,22-13+.